The quantitative estimate of drug-likeness (QED) is 0.558. The third kappa shape index (κ3) is 3.72. The first-order valence-corrected chi connectivity index (χ1v) is 10.2. The maximum Gasteiger partial charge on any atom is 0.542 e. The molecule has 0 amide bonds. The standard InChI is InChI=1S/C20H12F3N5O2S/c1-28-17(11-25)16(10-24)27-19(28)13-6-8-14(9-7-13)29-31(30-20(21,22)23)12-26-15-4-2-3-5-18(15)31/h2-9,12H,1H3. The molecule has 1 atom stereocenters. The maximum atomic E-state index is 13.2. The van der Waals surface area contributed by atoms with Gasteiger partial charge in [0.25, 0.3) is 0 Å². The van der Waals surface area contributed by atoms with Gasteiger partial charge in [-0.3, -0.25) is 0 Å². The molecular weight excluding hydrogens is 431 g/mol. The molecule has 3 aromatic rings. The number of aromatic nitrogens is 2. The van der Waals surface area contributed by atoms with Gasteiger partial charge in [-0.05, 0) is 36.4 Å². The van der Waals surface area contributed by atoms with Crippen LogP contribution in [0.2, 0.25) is 0 Å². The second kappa shape index (κ2) is 7.47. The molecule has 31 heavy (non-hydrogen) atoms. The first-order chi connectivity index (χ1) is 14.8. The highest BCUT2D eigenvalue weighted by molar-refractivity contribution is 8.37. The van der Waals surface area contributed by atoms with Crippen molar-refractivity contribution in [1.82, 2.24) is 9.55 Å². The van der Waals surface area contributed by atoms with Crippen LogP contribution in [-0.4, -0.2) is 21.5 Å². The van der Waals surface area contributed by atoms with Crippen LogP contribution >= 0.6 is 10.6 Å². The van der Waals surface area contributed by atoms with E-state index in [1.807, 2.05) is 12.1 Å². The number of nitrogens with zero attached hydrogens (tertiary/aromatic N) is 5. The summed E-state index contributed by atoms with van der Waals surface area (Å²) < 4.78 is 51.1. The van der Waals surface area contributed by atoms with Gasteiger partial charge in [-0.15, -0.1) is 13.2 Å². The number of benzene rings is 2. The minimum atomic E-state index is -4.94. The Morgan fingerprint density at radius 3 is 2.35 bits per heavy atom. The van der Waals surface area contributed by atoms with E-state index in [-0.39, 0.29) is 22.0 Å². The van der Waals surface area contributed by atoms with E-state index < -0.39 is 17.0 Å². The maximum absolute atomic E-state index is 13.2. The number of fused-ring (bicyclic) bond motifs is 1. The number of halogens is 3. The van der Waals surface area contributed by atoms with E-state index in [2.05, 4.69) is 14.2 Å². The van der Waals surface area contributed by atoms with E-state index in [1.165, 1.54) is 22.8 Å². The zero-order valence-corrected chi connectivity index (χ0v) is 16.6. The van der Waals surface area contributed by atoms with E-state index in [9.17, 15) is 18.4 Å². The number of rotatable bonds is 4. The Morgan fingerprint density at radius 2 is 1.74 bits per heavy atom. The van der Waals surface area contributed by atoms with Crippen LogP contribution in [0.15, 0.2) is 58.4 Å². The molecule has 1 aliphatic heterocycles. The first kappa shape index (κ1) is 20.5. The van der Waals surface area contributed by atoms with Crippen LogP contribution in [0.25, 0.3) is 11.4 Å². The summed E-state index contributed by atoms with van der Waals surface area (Å²) >= 11 is 0. The monoisotopic (exact) mass is 443 g/mol. The second-order valence-corrected chi connectivity index (χ2v) is 8.37. The lowest BCUT2D eigenvalue weighted by Crippen LogP contribution is -2.21. The summed E-state index contributed by atoms with van der Waals surface area (Å²) in [7, 11) is -1.76. The molecular formula is C20H12F3N5O2S. The number of alkyl halides is 3. The number of hydrogen-bond acceptors (Lipinski definition) is 6. The Kier molecular flexibility index (Phi) is 4.93. The molecule has 0 spiro atoms. The van der Waals surface area contributed by atoms with Crippen LogP contribution in [0.1, 0.15) is 11.4 Å². The van der Waals surface area contributed by atoms with Crippen molar-refractivity contribution >= 4 is 21.8 Å². The number of imidazole rings is 1. The zero-order chi connectivity index (χ0) is 22.2. The van der Waals surface area contributed by atoms with E-state index in [4.69, 9.17) is 9.44 Å². The number of hydrogen-bond donors (Lipinski definition) is 0. The third-order valence-corrected chi connectivity index (χ3v) is 6.58. The fraction of sp³-hybridized carbons (Fsp3) is 0.100. The molecule has 1 aliphatic rings. The van der Waals surface area contributed by atoms with Gasteiger partial charge in [-0.2, -0.15) is 14.7 Å². The van der Waals surface area contributed by atoms with Gasteiger partial charge in [-0.25, -0.2) is 9.98 Å². The molecule has 4 rings (SSSR count). The smallest absolute Gasteiger partial charge is 0.382 e. The first-order valence-electron chi connectivity index (χ1n) is 8.67. The Bertz CT molecular complexity index is 1270. The predicted molar refractivity (Wildman–Crippen MR) is 106 cm³/mol. The van der Waals surface area contributed by atoms with Crippen molar-refractivity contribution in [1.29, 1.82) is 10.5 Å². The fourth-order valence-corrected chi connectivity index (χ4v) is 5.07. The van der Waals surface area contributed by atoms with Gasteiger partial charge in [0.1, 0.15) is 28.4 Å². The number of nitriles is 2. The number of aliphatic imine (C=N–C) groups is 1. The number of para-hydroxylation sites is 1. The Morgan fingerprint density at radius 1 is 1.03 bits per heavy atom. The highest BCUT2D eigenvalue weighted by atomic mass is 32.3. The normalized spacial score (nSPS) is 19.2. The molecule has 0 saturated carbocycles. The summed E-state index contributed by atoms with van der Waals surface area (Å²) in [5, 5.41) is 18.3. The van der Waals surface area contributed by atoms with Crippen molar-refractivity contribution in [2.45, 2.75) is 11.3 Å². The molecule has 0 radical (unpaired) electrons. The summed E-state index contributed by atoms with van der Waals surface area (Å²) in [5.41, 5.74) is 2.05. The molecule has 0 N–H and O–H groups in total. The molecule has 0 aliphatic carbocycles. The van der Waals surface area contributed by atoms with Crippen LogP contribution in [-0.2, 0) is 11.2 Å². The summed E-state index contributed by atoms with van der Waals surface area (Å²) in [6.07, 6.45) is -4.94. The minimum Gasteiger partial charge on any atom is -0.382 e. The molecule has 7 nitrogen and oxygen atoms in total. The van der Waals surface area contributed by atoms with Crippen molar-refractivity contribution in [2.24, 2.45) is 12.0 Å². The highest BCUT2D eigenvalue weighted by Crippen LogP contribution is 2.64. The zero-order valence-electron chi connectivity index (χ0n) is 15.8. The molecule has 11 heteroatoms. The molecule has 2 aromatic carbocycles. The van der Waals surface area contributed by atoms with Gasteiger partial charge < -0.3 is 8.75 Å². The molecule has 156 valence electrons. The van der Waals surface area contributed by atoms with Crippen molar-refractivity contribution in [3.8, 4) is 29.3 Å². The van der Waals surface area contributed by atoms with Gasteiger partial charge in [0.05, 0.1) is 5.69 Å². The summed E-state index contributed by atoms with van der Waals surface area (Å²) in [5.74, 6) is 0.488. The lowest BCUT2D eigenvalue weighted by atomic mass is 10.2. The lowest BCUT2D eigenvalue weighted by Gasteiger charge is -2.37. The molecule has 0 bridgehead atoms. The van der Waals surface area contributed by atoms with Crippen LogP contribution < -0.4 is 4.18 Å². The van der Waals surface area contributed by atoms with E-state index in [0.29, 0.717) is 17.1 Å². The Hall–Kier alpha value is -3.80. The topological polar surface area (TPSA) is 96.2 Å². The van der Waals surface area contributed by atoms with Crippen molar-refractivity contribution in [2.75, 3.05) is 0 Å². The minimum absolute atomic E-state index is 0.0129. The molecule has 1 aromatic heterocycles. The van der Waals surface area contributed by atoms with Gasteiger partial charge in [0.2, 0.25) is 0 Å². The Balaban J connectivity index is 1.69. The average Bonchev–Trinajstić information content (AvgIpc) is 3.25. The van der Waals surface area contributed by atoms with Crippen molar-refractivity contribution < 1.29 is 21.5 Å². The van der Waals surface area contributed by atoms with Crippen LogP contribution in [0.3, 0.4) is 0 Å². The van der Waals surface area contributed by atoms with Crippen molar-refractivity contribution in [3.05, 3.63) is 59.9 Å². The van der Waals surface area contributed by atoms with E-state index >= 15 is 0 Å². The predicted octanol–water partition coefficient (Wildman–Crippen LogP) is 5.11. The van der Waals surface area contributed by atoms with E-state index in [0.717, 1.165) is 5.55 Å². The SMILES string of the molecule is Cn1c(-c2ccc(OS3(OC(F)(F)F)C=Nc4ccccc43)cc2)nc(C#N)c1C#N. The van der Waals surface area contributed by atoms with Crippen LogP contribution in [0.5, 0.6) is 5.75 Å². The average molecular weight is 443 g/mol. The van der Waals surface area contributed by atoms with Gasteiger partial charge in [0.15, 0.2) is 17.1 Å². The molecule has 0 fully saturated rings. The fourth-order valence-electron chi connectivity index (χ4n) is 3.04. The van der Waals surface area contributed by atoms with Gasteiger partial charge >= 0.3 is 6.36 Å². The van der Waals surface area contributed by atoms with Crippen LogP contribution in [0, 0.1) is 22.7 Å². The molecule has 1 unspecified atom stereocenters. The summed E-state index contributed by atoms with van der Waals surface area (Å²) in [6.45, 7) is 0. The molecule has 2 heterocycles. The van der Waals surface area contributed by atoms with E-state index in [1.54, 1.807) is 37.4 Å². The Labute approximate surface area is 176 Å². The molecule has 0 saturated heterocycles. The largest absolute Gasteiger partial charge is 0.542 e. The van der Waals surface area contributed by atoms with Gasteiger partial charge in [0, 0.05) is 12.6 Å². The van der Waals surface area contributed by atoms with Gasteiger partial charge in [-0.1, -0.05) is 22.7 Å². The van der Waals surface area contributed by atoms with Crippen LogP contribution in [0.4, 0.5) is 18.9 Å². The highest BCUT2D eigenvalue weighted by Gasteiger charge is 2.43. The summed E-state index contributed by atoms with van der Waals surface area (Å²) in [6, 6.07) is 16.1. The second-order valence-electron chi connectivity index (χ2n) is 6.30. The summed E-state index contributed by atoms with van der Waals surface area (Å²) in [4.78, 5) is 8.38. The third-order valence-electron chi connectivity index (χ3n) is 4.36. The lowest BCUT2D eigenvalue weighted by molar-refractivity contribution is -0.271. The van der Waals surface area contributed by atoms with Crippen molar-refractivity contribution in [3.63, 3.8) is 0 Å².